The van der Waals surface area contributed by atoms with Gasteiger partial charge in [0.25, 0.3) is 0 Å². The fraction of sp³-hybridized carbons (Fsp3) is 0.400. The molecule has 4 unspecified atom stereocenters. The molecule has 3 aliphatic heterocycles. The number of hydrogen-bond acceptors (Lipinski definition) is 2. The molecular formula is C15H14ClN3. The van der Waals surface area contributed by atoms with Crippen molar-refractivity contribution in [3.05, 3.63) is 35.0 Å². The van der Waals surface area contributed by atoms with E-state index in [1.54, 1.807) is 0 Å². The van der Waals surface area contributed by atoms with E-state index >= 15 is 0 Å². The van der Waals surface area contributed by atoms with Crippen LogP contribution in [0, 0.1) is 5.92 Å². The lowest BCUT2D eigenvalue weighted by molar-refractivity contribution is 0.339. The van der Waals surface area contributed by atoms with Crippen LogP contribution in [0.25, 0.3) is 16.5 Å². The van der Waals surface area contributed by atoms with Crippen LogP contribution in [0.1, 0.15) is 18.5 Å². The van der Waals surface area contributed by atoms with Gasteiger partial charge in [0, 0.05) is 18.0 Å². The van der Waals surface area contributed by atoms with Gasteiger partial charge in [0.2, 0.25) is 0 Å². The van der Waals surface area contributed by atoms with Gasteiger partial charge in [-0.3, -0.25) is 10.00 Å². The third-order valence-electron chi connectivity index (χ3n) is 4.89. The Bertz CT molecular complexity index is 713. The SMILES string of the molecule is Clc1cccc2c(C3=CC4CCC5C3N5C4)[nH]nc12. The molecule has 5 rings (SSSR count). The highest BCUT2D eigenvalue weighted by atomic mass is 35.5. The van der Waals surface area contributed by atoms with Gasteiger partial charge in [-0.2, -0.15) is 5.10 Å². The number of nitrogens with zero attached hydrogens (tertiary/aromatic N) is 2. The van der Waals surface area contributed by atoms with Crippen LogP contribution in [0.3, 0.4) is 0 Å². The van der Waals surface area contributed by atoms with Crippen LogP contribution < -0.4 is 0 Å². The monoisotopic (exact) mass is 271 g/mol. The lowest BCUT2D eigenvalue weighted by Gasteiger charge is -2.22. The standard InChI is InChI=1S/C15H14ClN3/c16-11-3-1-2-9-13(17-18-14(9)11)10-6-8-4-5-12-15(10)19(12)7-8/h1-3,6,8,12,15H,4-5,7H2,(H,17,18). The zero-order valence-corrected chi connectivity index (χ0v) is 11.2. The van der Waals surface area contributed by atoms with Crippen molar-refractivity contribution < 1.29 is 0 Å². The van der Waals surface area contributed by atoms with Crippen LogP contribution >= 0.6 is 11.6 Å². The number of benzene rings is 1. The molecule has 0 spiro atoms. The Kier molecular flexibility index (Phi) is 1.88. The van der Waals surface area contributed by atoms with E-state index in [4.69, 9.17) is 11.6 Å². The van der Waals surface area contributed by atoms with Crippen molar-refractivity contribution in [2.45, 2.75) is 24.9 Å². The highest BCUT2D eigenvalue weighted by Crippen LogP contribution is 2.51. The third kappa shape index (κ3) is 1.30. The maximum Gasteiger partial charge on any atom is 0.111 e. The normalized spacial score (nSPS) is 35.3. The molecule has 2 aromatic rings. The summed E-state index contributed by atoms with van der Waals surface area (Å²) in [6.45, 7) is 1.26. The van der Waals surface area contributed by atoms with E-state index in [0.29, 0.717) is 6.04 Å². The molecular weight excluding hydrogens is 258 g/mol. The first-order chi connectivity index (χ1) is 9.33. The first-order valence-corrected chi connectivity index (χ1v) is 7.31. The molecule has 3 aliphatic rings. The van der Waals surface area contributed by atoms with Crippen molar-refractivity contribution in [1.82, 2.24) is 15.1 Å². The quantitative estimate of drug-likeness (QED) is 0.809. The zero-order valence-electron chi connectivity index (χ0n) is 10.4. The van der Waals surface area contributed by atoms with Crippen molar-refractivity contribution in [2.75, 3.05) is 6.54 Å². The maximum atomic E-state index is 6.21. The minimum Gasteiger partial charge on any atom is -0.289 e. The topological polar surface area (TPSA) is 31.7 Å². The highest BCUT2D eigenvalue weighted by Gasteiger charge is 2.55. The van der Waals surface area contributed by atoms with Crippen molar-refractivity contribution in [1.29, 1.82) is 0 Å². The van der Waals surface area contributed by atoms with Gasteiger partial charge in [0.05, 0.1) is 16.8 Å². The largest absolute Gasteiger partial charge is 0.289 e. The number of fused-ring (bicyclic) bond motifs is 3. The summed E-state index contributed by atoms with van der Waals surface area (Å²) in [7, 11) is 0. The molecule has 96 valence electrons. The first kappa shape index (κ1) is 10.5. The number of halogens is 1. The summed E-state index contributed by atoms with van der Waals surface area (Å²) in [4.78, 5) is 2.63. The summed E-state index contributed by atoms with van der Waals surface area (Å²) in [5, 5.41) is 9.51. The number of hydrogen-bond donors (Lipinski definition) is 1. The molecule has 1 N–H and O–H groups in total. The molecule has 0 aliphatic carbocycles. The average Bonchev–Trinajstić information content (AvgIpc) is 3.05. The Morgan fingerprint density at radius 3 is 3.21 bits per heavy atom. The van der Waals surface area contributed by atoms with Crippen LogP contribution in [0.15, 0.2) is 24.3 Å². The van der Waals surface area contributed by atoms with Gasteiger partial charge in [-0.1, -0.05) is 29.8 Å². The van der Waals surface area contributed by atoms with Crippen LogP contribution in [0.5, 0.6) is 0 Å². The second-order valence-corrected chi connectivity index (χ2v) is 6.31. The molecule has 19 heavy (non-hydrogen) atoms. The molecule has 0 amide bonds. The number of para-hydroxylation sites is 1. The Hall–Kier alpha value is -1.32. The van der Waals surface area contributed by atoms with Gasteiger partial charge in [-0.05, 0) is 30.4 Å². The third-order valence-corrected chi connectivity index (χ3v) is 5.20. The number of H-pyrrole nitrogens is 1. The Balaban J connectivity index is 1.71. The zero-order chi connectivity index (χ0) is 12.6. The van der Waals surface area contributed by atoms with E-state index in [1.807, 2.05) is 12.1 Å². The maximum absolute atomic E-state index is 6.21. The molecule has 4 heteroatoms. The molecule has 1 aromatic heterocycles. The second-order valence-electron chi connectivity index (χ2n) is 5.90. The van der Waals surface area contributed by atoms with E-state index in [0.717, 1.165) is 27.9 Å². The Morgan fingerprint density at radius 1 is 1.32 bits per heavy atom. The fourth-order valence-corrected chi connectivity index (χ4v) is 4.20. The van der Waals surface area contributed by atoms with Gasteiger partial charge >= 0.3 is 0 Å². The summed E-state index contributed by atoms with van der Waals surface area (Å²) < 4.78 is 0. The average molecular weight is 272 g/mol. The number of rotatable bonds is 1. The van der Waals surface area contributed by atoms with E-state index in [2.05, 4.69) is 27.2 Å². The van der Waals surface area contributed by atoms with Gasteiger partial charge in [-0.15, -0.1) is 0 Å². The molecule has 1 aromatic carbocycles. The summed E-state index contributed by atoms with van der Waals surface area (Å²) in [6.07, 6.45) is 5.16. The summed E-state index contributed by atoms with van der Waals surface area (Å²) in [5.41, 5.74) is 3.52. The summed E-state index contributed by atoms with van der Waals surface area (Å²) in [5.74, 6) is 0.725. The molecule has 2 fully saturated rings. The van der Waals surface area contributed by atoms with Crippen molar-refractivity contribution in [3.63, 3.8) is 0 Å². The highest BCUT2D eigenvalue weighted by molar-refractivity contribution is 6.35. The van der Waals surface area contributed by atoms with Crippen LogP contribution in [0.4, 0.5) is 0 Å². The van der Waals surface area contributed by atoms with Gasteiger partial charge in [0.1, 0.15) is 5.52 Å². The van der Waals surface area contributed by atoms with Crippen molar-refractivity contribution >= 4 is 28.1 Å². The molecule has 2 saturated heterocycles. The molecule has 4 heterocycles. The van der Waals surface area contributed by atoms with Crippen LogP contribution in [-0.2, 0) is 0 Å². The molecule has 2 bridgehead atoms. The lowest BCUT2D eigenvalue weighted by atomic mass is 9.96. The summed E-state index contributed by atoms with van der Waals surface area (Å²) in [6, 6.07) is 7.43. The molecule has 0 saturated carbocycles. The van der Waals surface area contributed by atoms with E-state index in [1.165, 1.54) is 30.7 Å². The van der Waals surface area contributed by atoms with Gasteiger partial charge < -0.3 is 0 Å². The Labute approximate surface area is 116 Å². The van der Waals surface area contributed by atoms with E-state index < -0.39 is 0 Å². The molecule has 0 radical (unpaired) electrons. The number of piperidine rings is 1. The Morgan fingerprint density at radius 2 is 2.26 bits per heavy atom. The number of nitrogens with one attached hydrogen (secondary N) is 1. The molecule has 3 nitrogen and oxygen atoms in total. The fourth-order valence-electron chi connectivity index (χ4n) is 3.98. The first-order valence-electron chi connectivity index (χ1n) is 6.93. The summed E-state index contributed by atoms with van der Waals surface area (Å²) >= 11 is 6.21. The van der Waals surface area contributed by atoms with Gasteiger partial charge in [-0.25, -0.2) is 0 Å². The van der Waals surface area contributed by atoms with Crippen LogP contribution in [-0.4, -0.2) is 33.7 Å². The minimum absolute atomic E-state index is 0.626. The second kappa shape index (κ2) is 3.41. The van der Waals surface area contributed by atoms with Crippen molar-refractivity contribution in [3.8, 4) is 0 Å². The van der Waals surface area contributed by atoms with E-state index in [-0.39, 0.29) is 0 Å². The predicted molar refractivity (Wildman–Crippen MR) is 76.1 cm³/mol. The van der Waals surface area contributed by atoms with Gasteiger partial charge in [0.15, 0.2) is 0 Å². The smallest absolute Gasteiger partial charge is 0.111 e. The lowest BCUT2D eigenvalue weighted by Crippen LogP contribution is -2.22. The number of aromatic nitrogens is 2. The number of aromatic amines is 1. The predicted octanol–water partition coefficient (Wildman–Crippen LogP) is 3.08. The van der Waals surface area contributed by atoms with Crippen molar-refractivity contribution in [2.24, 2.45) is 5.92 Å². The minimum atomic E-state index is 0.626. The molecule has 4 atom stereocenters. The van der Waals surface area contributed by atoms with Crippen LogP contribution in [0.2, 0.25) is 5.02 Å². The van der Waals surface area contributed by atoms with E-state index in [9.17, 15) is 0 Å².